The van der Waals surface area contributed by atoms with Crippen molar-refractivity contribution < 1.29 is 14.6 Å². The number of aliphatic hydroxyl groups is 1. The number of carbonyl (C=O) groups excluding carboxylic acids is 1. The van der Waals surface area contributed by atoms with Crippen molar-refractivity contribution in [1.82, 2.24) is 15.3 Å². The number of rotatable bonds is 6. The second kappa shape index (κ2) is 7.62. The van der Waals surface area contributed by atoms with Gasteiger partial charge >= 0.3 is 0 Å². The van der Waals surface area contributed by atoms with Crippen LogP contribution in [0.3, 0.4) is 0 Å². The first-order chi connectivity index (χ1) is 12.8. The van der Waals surface area contributed by atoms with Crippen molar-refractivity contribution >= 4 is 27.5 Å². The predicted molar refractivity (Wildman–Crippen MR) is 106 cm³/mol. The maximum atomic E-state index is 12.7. The molecular weight excluding hydrogens is 362 g/mol. The number of pyridine rings is 2. The molecule has 3 rings (SSSR count). The molecule has 3 heterocycles. The number of nitrogens with one attached hydrogen (secondary N) is 1. The molecule has 3 aromatic rings. The van der Waals surface area contributed by atoms with Crippen LogP contribution in [-0.2, 0) is 0 Å². The molecule has 2 N–H and O–H groups in total. The van der Waals surface area contributed by atoms with Gasteiger partial charge in [0.15, 0.2) is 0 Å². The summed E-state index contributed by atoms with van der Waals surface area (Å²) >= 11 is 1.51. The number of nitrogens with zero attached hydrogens (tertiary/aromatic N) is 2. The predicted octanol–water partition coefficient (Wildman–Crippen LogP) is 3.93. The van der Waals surface area contributed by atoms with Gasteiger partial charge in [-0.2, -0.15) is 0 Å². The first-order valence-electron chi connectivity index (χ1n) is 8.70. The molecule has 1 amide bonds. The van der Waals surface area contributed by atoms with Gasteiger partial charge in [-0.25, -0.2) is 4.98 Å². The van der Waals surface area contributed by atoms with Gasteiger partial charge in [0, 0.05) is 23.2 Å². The number of thiophene rings is 1. The summed E-state index contributed by atoms with van der Waals surface area (Å²) in [5.74, 6) is 0.867. The zero-order chi connectivity index (χ0) is 19.6. The zero-order valence-corrected chi connectivity index (χ0v) is 16.6. The highest BCUT2D eigenvalue weighted by Gasteiger charge is 2.27. The Kier molecular flexibility index (Phi) is 5.43. The van der Waals surface area contributed by atoms with E-state index in [9.17, 15) is 9.90 Å². The Balaban J connectivity index is 1.90. The lowest BCUT2D eigenvalue weighted by molar-refractivity contribution is 0.0829. The fraction of sp³-hybridized carbons (Fsp3) is 0.350. The molecule has 1 unspecified atom stereocenters. The van der Waals surface area contributed by atoms with E-state index in [1.807, 2.05) is 51.3 Å². The molecule has 0 saturated carbocycles. The lowest BCUT2D eigenvalue weighted by Crippen LogP contribution is -2.44. The molecule has 27 heavy (non-hydrogen) atoms. The molecule has 1 atom stereocenters. The number of carbonyl (C=O) groups is 1. The van der Waals surface area contributed by atoms with Gasteiger partial charge in [-0.05, 0) is 37.4 Å². The van der Waals surface area contributed by atoms with Crippen molar-refractivity contribution in [3.8, 4) is 11.5 Å². The smallest absolute Gasteiger partial charge is 0.270 e. The van der Waals surface area contributed by atoms with Crippen molar-refractivity contribution in [3.63, 3.8) is 0 Å². The van der Waals surface area contributed by atoms with Crippen LogP contribution in [0.2, 0.25) is 0 Å². The molecule has 0 radical (unpaired) electrons. The van der Waals surface area contributed by atoms with Crippen LogP contribution in [0.1, 0.15) is 37.0 Å². The normalized spacial score (nSPS) is 12.8. The van der Waals surface area contributed by atoms with E-state index in [-0.39, 0.29) is 24.2 Å². The molecule has 142 valence electrons. The van der Waals surface area contributed by atoms with E-state index in [4.69, 9.17) is 4.74 Å². The van der Waals surface area contributed by atoms with Crippen LogP contribution in [0, 0.1) is 12.3 Å². The van der Waals surface area contributed by atoms with Crippen LogP contribution in [0.5, 0.6) is 11.5 Å². The Morgan fingerprint density at radius 1 is 1.37 bits per heavy atom. The average Bonchev–Trinajstić information content (AvgIpc) is 3.12. The van der Waals surface area contributed by atoms with E-state index < -0.39 is 5.41 Å². The molecule has 0 saturated heterocycles. The van der Waals surface area contributed by atoms with E-state index in [0.717, 1.165) is 10.4 Å². The highest BCUT2D eigenvalue weighted by Crippen LogP contribution is 2.33. The van der Waals surface area contributed by atoms with Crippen molar-refractivity contribution in [2.45, 2.75) is 33.7 Å². The lowest BCUT2D eigenvalue weighted by atomic mass is 9.86. The Bertz CT molecular complexity index is 951. The summed E-state index contributed by atoms with van der Waals surface area (Å²) in [5.41, 5.74) is 1.45. The molecule has 0 aromatic carbocycles. The van der Waals surface area contributed by atoms with Gasteiger partial charge < -0.3 is 15.2 Å². The van der Waals surface area contributed by atoms with Gasteiger partial charge in [0.05, 0.1) is 23.0 Å². The fourth-order valence-corrected chi connectivity index (χ4v) is 3.15. The van der Waals surface area contributed by atoms with Crippen LogP contribution in [0.25, 0.3) is 10.2 Å². The molecule has 6 nitrogen and oxygen atoms in total. The third-order valence-corrected chi connectivity index (χ3v) is 5.57. The summed E-state index contributed by atoms with van der Waals surface area (Å²) in [4.78, 5) is 21.4. The Morgan fingerprint density at radius 3 is 2.81 bits per heavy atom. The van der Waals surface area contributed by atoms with E-state index in [2.05, 4.69) is 15.3 Å². The number of hydrogen-bond acceptors (Lipinski definition) is 6. The minimum absolute atomic E-state index is 0.0276. The summed E-state index contributed by atoms with van der Waals surface area (Å²) in [6, 6.07) is 6.99. The first-order valence-corrected chi connectivity index (χ1v) is 9.58. The highest BCUT2D eigenvalue weighted by atomic mass is 32.1. The number of aliphatic hydroxyl groups excluding tert-OH is 1. The molecule has 0 aliphatic rings. The molecule has 3 aromatic heterocycles. The minimum atomic E-state index is -0.435. The van der Waals surface area contributed by atoms with Crippen LogP contribution >= 0.6 is 11.3 Å². The van der Waals surface area contributed by atoms with Crippen LogP contribution in [-0.4, -0.2) is 33.6 Å². The first kappa shape index (κ1) is 19.3. The maximum Gasteiger partial charge on any atom is 0.270 e. The Labute approximate surface area is 162 Å². The quantitative estimate of drug-likeness (QED) is 0.672. The minimum Gasteiger partial charge on any atom is -0.454 e. The van der Waals surface area contributed by atoms with Gasteiger partial charge in [-0.3, -0.25) is 9.78 Å². The van der Waals surface area contributed by atoms with Gasteiger partial charge in [0.25, 0.3) is 5.91 Å². The molecule has 0 bridgehead atoms. The van der Waals surface area contributed by atoms with Crippen LogP contribution < -0.4 is 10.1 Å². The highest BCUT2D eigenvalue weighted by molar-refractivity contribution is 7.17. The Hall–Kier alpha value is -2.51. The number of amides is 1. The zero-order valence-electron chi connectivity index (χ0n) is 15.8. The van der Waals surface area contributed by atoms with Crippen molar-refractivity contribution in [3.05, 3.63) is 47.2 Å². The van der Waals surface area contributed by atoms with E-state index in [1.54, 1.807) is 12.3 Å². The summed E-state index contributed by atoms with van der Waals surface area (Å²) in [6.45, 7) is 7.54. The second-order valence-electron chi connectivity index (χ2n) is 7.22. The van der Waals surface area contributed by atoms with E-state index in [1.165, 1.54) is 11.3 Å². The number of hydrogen-bond donors (Lipinski definition) is 2. The maximum absolute atomic E-state index is 12.7. The standard InChI is InChI=1S/C20H23N3O3S/c1-12-5-6-14(10-21-12)26-17-9-16(23-15-7-8-27-18(15)17)19(25)22-13(2)20(3,4)11-24/h5-10,13,24H,11H2,1-4H3,(H,22,25). The van der Waals surface area contributed by atoms with Crippen LogP contribution in [0.4, 0.5) is 0 Å². The van der Waals surface area contributed by atoms with Gasteiger partial charge in [0.2, 0.25) is 0 Å². The van der Waals surface area contributed by atoms with Gasteiger partial charge in [-0.15, -0.1) is 11.3 Å². The molecule has 0 fully saturated rings. The third-order valence-electron chi connectivity index (χ3n) is 4.65. The largest absolute Gasteiger partial charge is 0.454 e. The summed E-state index contributed by atoms with van der Waals surface area (Å²) < 4.78 is 6.85. The fourth-order valence-electron chi connectivity index (χ4n) is 2.36. The van der Waals surface area contributed by atoms with E-state index >= 15 is 0 Å². The summed E-state index contributed by atoms with van der Waals surface area (Å²) in [7, 11) is 0. The molecular formula is C20H23N3O3S. The third kappa shape index (κ3) is 4.26. The molecule has 0 aliphatic carbocycles. The van der Waals surface area contributed by atoms with Gasteiger partial charge in [-0.1, -0.05) is 13.8 Å². The molecule has 7 heteroatoms. The monoisotopic (exact) mass is 385 g/mol. The average molecular weight is 385 g/mol. The summed E-state index contributed by atoms with van der Waals surface area (Å²) in [6.07, 6.45) is 1.65. The van der Waals surface area contributed by atoms with Crippen LogP contribution in [0.15, 0.2) is 35.8 Å². The Morgan fingerprint density at radius 2 is 2.15 bits per heavy atom. The molecule has 0 aliphatic heterocycles. The van der Waals surface area contributed by atoms with Crippen molar-refractivity contribution in [1.29, 1.82) is 0 Å². The van der Waals surface area contributed by atoms with Gasteiger partial charge in [0.1, 0.15) is 17.2 Å². The lowest BCUT2D eigenvalue weighted by Gasteiger charge is -2.30. The SMILES string of the molecule is Cc1ccc(Oc2cc(C(=O)NC(C)C(C)(C)CO)nc3ccsc23)cn1. The van der Waals surface area contributed by atoms with Crippen molar-refractivity contribution in [2.24, 2.45) is 5.41 Å². The number of aromatic nitrogens is 2. The van der Waals surface area contributed by atoms with Crippen molar-refractivity contribution in [2.75, 3.05) is 6.61 Å². The van der Waals surface area contributed by atoms with E-state index in [0.29, 0.717) is 17.0 Å². The number of fused-ring (bicyclic) bond motifs is 1. The topological polar surface area (TPSA) is 84.3 Å². The summed E-state index contributed by atoms with van der Waals surface area (Å²) in [5, 5.41) is 14.3. The number of ether oxygens (including phenoxy) is 1. The second-order valence-corrected chi connectivity index (χ2v) is 8.14. The number of aryl methyl sites for hydroxylation is 1. The molecule has 0 spiro atoms.